The van der Waals surface area contributed by atoms with Crippen LogP contribution in [0.4, 0.5) is 10.1 Å². The quantitative estimate of drug-likeness (QED) is 0.861. The number of nitrogens with zero attached hydrogens (tertiary/aromatic N) is 1. The van der Waals surface area contributed by atoms with E-state index in [0.29, 0.717) is 18.7 Å². The first-order chi connectivity index (χ1) is 12.6. The minimum Gasteiger partial charge on any atom is -0.493 e. The lowest BCUT2D eigenvalue weighted by Crippen LogP contribution is -2.33. The summed E-state index contributed by atoms with van der Waals surface area (Å²) in [5, 5.41) is 2.63. The van der Waals surface area contributed by atoms with E-state index in [1.807, 2.05) is 12.1 Å². The number of benzene rings is 2. The van der Waals surface area contributed by atoms with Gasteiger partial charge in [-0.05, 0) is 41.8 Å². The van der Waals surface area contributed by atoms with Gasteiger partial charge in [-0.3, -0.25) is 9.69 Å². The number of halogens is 1. The molecule has 2 aromatic carbocycles. The molecule has 0 saturated heterocycles. The molecular weight excluding hydrogens is 335 g/mol. The summed E-state index contributed by atoms with van der Waals surface area (Å²) in [7, 11) is 3.26. The van der Waals surface area contributed by atoms with Gasteiger partial charge in [-0.2, -0.15) is 0 Å². The average molecular weight is 358 g/mol. The summed E-state index contributed by atoms with van der Waals surface area (Å²) in [5.74, 6) is 0.844. The Hall–Kier alpha value is -2.60. The van der Waals surface area contributed by atoms with Crippen molar-refractivity contribution in [2.24, 2.45) is 0 Å². The molecule has 0 radical (unpaired) electrons. The summed E-state index contributed by atoms with van der Waals surface area (Å²) in [4.78, 5) is 14.3. The molecular formula is C20H23FN2O3. The fraction of sp³-hybridized carbons (Fsp3) is 0.350. The van der Waals surface area contributed by atoms with Crippen molar-refractivity contribution in [3.05, 3.63) is 53.3 Å². The number of para-hydroxylation sites is 1. The summed E-state index contributed by atoms with van der Waals surface area (Å²) in [6.45, 7) is 2.24. The van der Waals surface area contributed by atoms with Crippen LogP contribution >= 0.6 is 0 Å². The Labute approximate surface area is 152 Å². The van der Waals surface area contributed by atoms with Crippen LogP contribution in [-0.4, -0.2) is 38.1 Å². The van der Waals surface area contributed by atoms with Crippen molar-refractivity contribution in [3.63, 3.8) is 0 Å². The highest BCUT2D eigenvalue weighted by Gasteiger charge is 2.20. The molecule has 0 aliphatic carbocycles. The Morgan fingerprint density at radius 1 is 1.15 bits per heavy atom. The van der Waals surface area contributed by atoms with Gasteiger partial charge in [0.1, 0.15) is 5.82 Å². The molecule has 1 heterocycles. The predicted molar refractivity (Wildman–Crippen MR) is 98.2 cm³/mol. The number of carbonyl (C=O) groups is 1. The molecule has 138 valence electrons. The van der Waals surface area contributed by atoms with E-state index in [9.17, 15) is 9.18 Å². The van der Waals surface area contributed by atoms with Gasteiger partial charge in [0.2, 0.25) is 5.91 Å². The largest absolute Gasteiger partial charge is 0.493 e. The number of rotatable bonds is 6. The minimum absolute atomic E-state index is 0.187. The molecule has 0 atom stereocenters. The number of amides is 1. The second kappa shape index (κ2) is 8.19. The number of carbonyl (C=O) groups excluding carboxylic acids is 1. The molecule has 0 spiro atoms. The molecule has 1 aliphatic heterocycles. The van der Waals surface area contributed by atoms with Crippen LogP contribution in [0.5, 0.6) is 11.5 Å². The first kappa shape index (κ1) is 18.2. The molecule has 0 aromatic heterocycles. The number of hydrogen-bond acceptors (Lipinski definition) is 4. The molecule has 1 N–H and O–H groups in total. The van der Waals surface area contributed by atoms with Crippen LogP contribution in [0.25, 0.3) is 0 Å². The van der Waals surface area contributed by atoms with Crippen LogP contribution in [0.15, 0.2) is 36.4 Å². The Balaban J connectivity index is 1.58. The van der Waals surface area contributed by atoms with E-state index < -0.39 is 5.82 Å². The zero-order valence-electron chi connectivity index (χ0n) is 15.0. The highest BCUT2D eigenvalue weighted by atomic mass is 19.1. The number of ether oxygens (including phenoxy) is 2. The monoisotopic (exact) mass is 358 g/mol. The van der Waals surface area contributed by atoms with Gasteiger partial charge in [-0.1, -0.05) is 12.1 Å². The molecule has 5 nitrogen and oxygen atoms in total. The highest BCUT2D eigenvalue weighted by molar-refractivity contribution is 5.90. The fourth-order valence-corrected chi connectivity index (χ4v) is 3.17. The number of hydrogen-bond donors (Lipinski definition) is 1. The van der Waals surface area contributed by atoms with Crippen molar-refractivity contribution in [2.75, 3.05) is 32.6 Å². The maximum atomic E-state index is 13.6. The van der Waals surface area contributed by atoms with Crippen LogP contribution in [0.3, 0.4) is 0 Å². The van der Waals surface area contributed by atoms with Crippen molar-refractivity contribution in [1.82, 2.24) is 4.90 Å². The Morgan fingerprint density at radius 3 is 2.54 bits per heavy atom. The molecule has 0 bridgehead atoms. The summed E-state index contributed by atoms with van der Waals surface area (Å²) < 4.78 is 24.3. The minimum atomic E-state index is -0.422. The standard InChI is InChI=1S/C20H23FN2O3/c1-25-18-11-14-7-9-23(13-15(14)12-19(18)26-2)10-8-20(24)22-17-6-4-3-5-16(17)21/h3-6,11-12H,7-10,13H2,1-2H3,(H,22,24). The highest BCUT2D eigenvalue weighted by Crippen LogP contribution is 2.33. The Bertz CT molecular complexity index is 795. The second-order valence-corrected chi connectivity index (χ2v) is 6.28. The third kappa shape index (κ3) is 4.14. The van der Waals surface area contributed by atoms with Gasteiger partial charge in [-0.15, -0.1) is 0 Å². The molecule has 0 fully saturated rings. The number of fused-ring (bicyclic) bond motifs is 1. The summed E-state index contributed by atoms with van der Waals surface area (Å²) >= 11 is 0. The van der Waals surface area contributed by atoms with Gasteiger partial charge in [0.25, 0.3) is 0 Å². The third-order valence-electron chi connectivity index (χ3n) is 4.60. The number of anilines is 1. The SMILES string of the molecule is COc1cc2c(cc1OC)CN(CCC(=O)Nc1ccccc1F)CC2. The maximum Gasteiger partial charge on any atom is 0.225 e. The van der Waals surface area contributed by atoms with Gasteiger partial charge in [-0.25, -0.2) is 4.39 Å². The van der Waals surface area contributed by atoms with Crippen LogP contribution in [0.1, 0.15) is 17.5 Å². The predicted octanol–water partition coefficient (Wildman–Crippen LogP) is 3.23. The average Bonchev–Trinajstić information content (AvgIpc) is 2.66. The van der Waals surface area contributed by atoms with Crippen molar-refractivity contribution < 1.29 is 18.7 Å². The number of methoxy groups -OCH3 is 2. The van der Waals surface area contributed by atoms with Crippen molar-refractivity contribution >= 4 is 11.6 Å². The van der Waals surface area contributed by atoms with E-state index >= 15 is 0 Å². The topological polar surface area (TPSA) is 50.8 Å². The van der Waals surface area contributed by atoms with Gasteiger partial charge in [0.15, 0.2) is 11.5 Å². The molecule has 1 aliphatic rings. The van der Waals surface area contributed by atoms with Gasteiger partial charge >= 0.3 is 0 Å². The van der Waals surface area contributed by atoms with Crippen LogP contribution in [0, 0.1) is 5.82 Å². The lowest BCUT2D eigenvalue weighted by Gasteiger charge is -2.29. The molecule has 1 amide bonds. The van der Waals surface area contributed by atoms with E-state index in [0.717, 1.165) is 25.3 Å². The van der Waals surface area contributed by atoms with Crippen molar-refractivity contribution in [3.8, 4) is 11.5 Å². The van der Waals surface area contributed by atoms with Crippen LogP contribution in [0.2, 0.25) is 0 Å². The van der Waals surface area contributed by atoms with Crippen molar-refractivity contribution in [2.45, 2.75) is 19.4 Å². The van der Waals surface area contributed by atoms with E-state index in [-0.39, 0.29) is 11.6 Å². The van der Waals surface area contributed by atoms with Crippen LogP contribution < -0.4 is 14.8 Å². The van der Waals surface area contributed by atoms with Gasteiger partial charge in [0.05, 0.1) is 19.9 Å². The zero-order valence-corrected chi connectivity index (χ0v) is 15.0. The maximum absolute atomic E-state index is 13.6. The zero-order chi connectivity index (χ0) is 18.5. The lowest BCUT2D eigenvalue weighted by atomic mass is 9.98. The Kier molecular flexibility index (Phi) is 5.73. The molecule has 2 aromatic rings. The van der Waals surface area contributed by atoms with Gasteiger partial charge in [0, 0.05) is 26.1 Å². The molecule has 26 heavy (non-hydrogen) atoms. The lowest BCUT2D eigenvalue weighted by molar-refractivity contribution is -0.116. The van der Waals surface area contributed by atoms with E-state index in [1.165, 1.54) is 17.2 Å². The first-order valence-electron chi connectivity index (χ1n) is 8.61. The summed E-state index contributed by atoms with van der Waals surface area (Å²) in [6, 6.07) is 10.2. The Morgan fingerprint density at radius 2 is 1.85 bits per heavy atom. The molecule has 0 saturated carbocycles. The normalized spacial score (nSPS) is 13.8. The smallest absolute Gasteiger partial charge is 0.225 e. The second-order valence-electron chi connectivity index (χ2n) is 6.28. The first-order valence-corrected chi connectivity index (χ1v) is 8.61. The molecule has 0 unspecified atom stereocenters. The third-order valence-corrected chi connectivity index (χ3v) is 4.60. The summed E-state index contributed by atoms with van der Waals surface area (Å²) in [6.07, 6.45) is 1.21. The van der Waals surface area contributed by atoms with Gasteiger partial charge < -0.3 is 14.8 Å². The summed E-state index contributed by atoms with van der Waals surface area (Å²) in [5.41, 5.74) is 2.65. The molecule has 6 heteroatoms. The van der Waals surface area contributed by atoms with E-state index in [4.69, 9.17) is 9.47 Å². The number of nitrogens with one attached hydrogen (secondary N) is 1. The van der Waals surface area contributed by atoms with E-state index in [2.05, 4.69) is 10.2 Å². The molecule has 3 rings (SSSR count). The fourth-order valence-electron chi connectivity index (χ4n) is 3.17. The van der Waals surface area contributed by atoms with Crippen LogP contribution in [-0.2, 0) is 17.8 Å². The van der Waals surface area contributed by atoms with Crippen molar-refractivity contribution in [1.29, 1.82) is 0 Å². The van der Waals surface area contributed by atoms with E-state index in [1.54, 1.807) is 32.4 Å².